The van der Waals surface area contributed by atoms with Gasteiger partial charge in [0.1, 0.15) is 23.7 Å². The van der Waals surface area contributed by atoms with Gasteiger partial charge in [0, 0.05) is 31.5 Å². The van der Waals surface area contributed by atoms with Crippen LogP contribution in [0.4, 0.5) is 10.1 Å². The first-order valence-electron chi connectivity index (χ1n) is 11.4. The van der Waals surface area contributed by atoms with Crippen LogP contribution >= 0.6 is 0 Å². The van der Waals surface area contributed by atoms with Gasteiger partial charge in [0.25, 0.3) is 5.56 Å². The molecular weight excluding hydrogens is 441 g/mol. The average Bonchev–Trinajstić information content (AvgIpc) is 3.60. The highest BCUT2D eigenvalue weighted by Gasteiger charge is 2.37. The Labute approximate surface area is 195 Å². The molecule has 34 heavy (non-hydrogen) atoms. The number of hydrogen-bond acceptors (Lipinski definition) is 7. The van der Waals surface area contributed by atoms with Crippen LogP contribution in [0.2, 0.25) is 0 Å². The Morgan fingerprint density at radius 2 is 1.85 bits per heavy atom. The molecule has 2 fully saturated rings. The Kier molecular flexibility index (Phi) is 5.68. The topological polar surface area (TPSA) is 118 Å². The van der Waals surface area contributed by atoms with Gasteiger partial charge in [0.15, 0.2) is 5.75 Å². The van der Waals surface area contributed by atoms with Gasteiger partial charge >= 0.3 is 5.69 Å². The molecule has 0 spiro atoms. The van der Waals surface area contributed by atoms with Crippen LogP contribution in [0.5, 0.6) is 11.5 Å². The normalized spacial score (nSPS) is 21.1. The van der Waals surface area contributed by atoms with Crippen LogP contribution in [0.1, 0.15) is 25.3 Å². The molecule has 10 heteroatoms. The fraction of sp³-hybridized carbons (Fsp3) is 0.417. The highest BCUT2D eigenvalue weighted by atomic mass is 19.1. The Hall–Kier alpha value is -3.53. The quantitative estimate of drug-likeness (QED) is 0.400. The zero-order valence-electron chi connectivity index (χ0n) is 18.9. The summed E-state index contributed by atoms with van der Waals surface area (Å²) in [5.41, 5.74) is 6.01. The van der Waals surface area contributed by atoms with Crippen LogP contribution in [0.25, 0.3) is 10.9 Å². The number of nitrogen functional groups attached to an aromatic ring is 1. The second kappa shape index (κ2) is 8.68. The van der Waals surface area contributed by atoms with E-state index in [9.17, 15) is 9.59 Å². The van der Waals surface area contributed by atoms with E-state index in [0.29, 0.717) is 45.7 Å². The fourth-order valence-electron chi connectivity index (χ4n) is 4.79. The summed E-state index contributed by atoms with van der Waals surface area (Å²) < 4.78 is 28.7. The lowest BCUT2D eigenvalue weighted by atomic mass is 10.0. The van der Waals surface area contributed by atoms with E-state index in [2.05, 4.69) is 0 Å². The maximum absolute atomic E-state index is 15.1. The first-order chi connectivity index (χ1) is 16.4. The average molecular weight is 470 g/mol. The molecule has 5 rings (SSSR count). The number of nitrogens with two attached hydrogens (primary N) is 2. The molecular formula is C24H28FN5O4. The van der Waals surface area contributed by atoms with Crippen LogP contribution < -0.4 is 37.2 Å². The SMILES string of the molecule is COc1c(N2C[C@@H](C[C@H](N)Oc3ccccc3)[C@H](F)C2)ccc2c(=O)n(N)c(=O)n(C3CC3)c12. The molecule has 1 aliphatic carbocycles. The van der Waals surface area contributed by atoms with Crippen molar-refractivity contribution in [2.75, 3.05) is 30.9 Å². The van der Waals surface area contributed by atoms with E-state index in [1.165, 1.54) is 11.7 Å². The molecule has 1 saturated carbocycles. The summed E-state index contributed by atoms with van der Waals surface area (Å²) in [6, 6.07) is 12.5. The van der Waals surface area contributed by atoms with Crippen molar-refractivity contribution in [3.05, 3.63) is 63.3 Å². The number of nitrogens with zero attached hydrogens (tertiary/aromatic N) is 3. The van der Waals surface area contributed by atoms with Crippen molar-refractivity contribution in [1.82, 2.24) is 9.24 Å². The van der Waals surface area contributed by atoms with E-state index >= 15 is 4.39 Å². The summed E-state index contributed by atoms with van der Waals surface area (Å²) in [4.78, 5) is 27.4. The fourth-order valence-corrected chi connectivity index (χ4v) is 4.79. The minimum absolute atomic E-state index is 0.0390. The van der Waals surface area contributed by atoms with Gasteiger partial charge in [-0.25, -0.2) is 9.18 Å². The van der Waals surface area contributed by atoms with Gasteiger partial charge in [-0.1, -0.05) is 18.2 Å². The number of anilines is 1. The Bertz CT molecular complexity index is 1320. The summed E-state index contributed by atoms with van der Waals surface area (Å²) in [5, 5.41) is 0.292. The molecule has 0 amide bonds. The number of hydrogen-bond donors (Lipinski definition) is 2. The van der Waals surface area contributed by atoms with Gasteiger partial charge < -0.3 is 20.2 Å². The smallest absolute Gasteiger partial charge is 0.350 e. The van der Waals surface area contributed by atoms with Crippen LogP contribution in [0.15, 0.2) is 52.1 Å². The maximum Gasteiger partial charge on any atom is 0.350 e. The van der Waals surface area contributed by atoms with Crippen molar-refractivity contribution in [2.45, 2.75) is 37.7 Å². The lowest BCUT2D eigenvalue weighted by Gasteiger charge is -2.24. The molecule has 2 heterocycles. The van der Waals surface area contributed by atoms with Crippen molar-refractivity contribution in [3.63, 3.8) is 0 Å². The van der Waals surface area contributed by atoms with E-state index in [1.54, 1.807) is 12.1 Å². The van der Waals surface area contributed by atoms with Gasteiger partial charge in [-0.3, -0.25) is 15.1 Å². The molecule has 2 aliphatic rings. The lowest BCUT2D eigenvalue weighted by molar-refractivity contribution is 0.152. The third kappa shape index (κ3) is 3.87. The number of ether oxygens (including phenoxy) is 2. The first-order valence-corrected chi connectivity index (χ1v) is 11.4. The van der Waals surface area contributed by atoms with Crippen molar-refractivity contribution >= 4 is 16.6 Å². The first kappa shape index (κ1) is 22.3. The molecule has 180 valence electrons. The molecule has 0 radical (unpaired) electrons. The predicted octanol–water partition coefficient (Wildman–Crippen LogP) is 1.75. The van der Waals surface area contributed by atoms with E-state index in [4.69, 9.17) is 21.1 Å². The molecule has 3 aromatic rings. The Morgan fingerprint density at radius 1 is 1.12 bits per heavy atom. The minimum atomic E-state index is -1.12. The summed E-state index contributed by atoms with van der Waals surface area (Å²) in [5.74, 6) is 6.42. The zero-order valence-corrected chi connectivity index (χ0v) is 18.9. The zero-order chi connectivity index (χ0) is 24.0. The molecule has 1 aliphatic heterocycles. The second-order valence-corrected chi connectivity index (χ2v) is 8.96. The summed E-state index contributed by atoms with van der Waals surface area (Å²) in [6.45, 7) is 0.544. The van der Waals surface area contributed by atoms with Crippen molar-refractivity contribution in [2.24, 2.45) is 11.7 Å². The Morgan fingerprint density at radius 3 is 2.53 bits per heavy atom. The molecule has 1 saturated heterocycles. The van der Waals surface area contributed by atoms with Gasteiger partial charge in [-0.05, 0) is 37.1 Å². The molecule has 0 unspecified atom stereocenters. The molecule has 9 nitrogen and oxygen atoms in total. The number of halogens is 1. The molecule has 0 bridgehead atoms. The largest absolute Gasteiger partial charge is 0.492 e. The van der Waals surface area contributed by atoms with E-state index < -0.39 is 23.6 Å². The van der Waals surface area contributed by atoms with Gasteiger partial charge in [-0.15, -0.1) is 0 Å². The maximum atomic E-state index is 15.1. The van der Waals surface area contributed by atoms with E-state index in [1.807, 2.05) is 35.2 Å². The summed E-state index contributed by atoms with van der Waals surface area (Å²) >= 11 is 0. The third-order valence-corrected chi connectivity index (χ3v) is 6.60. The van der Waals surface area contributed by atoms with Crippen LogP contribution in [-0.4, -0.2) is 41.8 Å². The van der Waals surface area contributed by atoms with Crippen LogP contribution in [0, 0.1) is 5.92 Å². The number of alkyl halides is 1. The second-order valence-electron chi connectivity index (χ2n) is 8.96. The van der Waals surface area contributed by atoms with Crippen molar-refractivity contribution in [1.29, 1.82) is 0 Å². The standard InChI is InChI=1S/C24H28FN5O4/c1-33-22-19(10-9-17-21(22)29(15-7-8-15)24(32)30(27)23(17)31)28-12-14(18(25)13-28)11-20(26)34-16-5-3-2-4-6-16/h2-6,9-10,14-15,18,20H,7-8,11-13,26-27H2,1H3/t14-,18-,20-/m1/s1. The number of fused-ring (bicyclic) bond motifs is 1. The monoisotopic (exact) mass is 469 g/mol. The molecule has 2 aromatic carbocycles. The van der Waals surface area contributed by atoms with E-state index in [-0.39, 0.29) is 18.5 Å². The Balaban J connectivity index is 1.45. The number of rotatable bonds is 7. The third-order valence-electron chi connectivity index (χ3n) is 6.60. The van der Waals surface area contributed by atoms with Gasteiger partial charge in [0.05, 0.1) is 18.2 Å². The molecule has 1 aromatic heterocycles. The van der Waals surface area contributed by atoms with Gasteiger partial charge in [0.2, 0.25) is 0 Å². The highest BCUT2D eigenvalue weighted by Crippen LogP contribution is 2.42. The minimum Gasteiger partial charge on any atom is -0.492 e. The molecule has 4 N–H and O–H groups in total. The number of para-hydroxylation sites is 1. The number of aromatic nitrogens is 2. The number of benzene rings is 2. The van der Waals surface area contributed by atoms with E-state index in [0.717, 1.165) is 12.8 Å². The predicted molar refractivity (Wildman–Crippen MR) is 128 cm³/mol. The van der Waals surface area contributed by atoms with Crippen molar-refractivity contribution in [3.8, 4) is 11.5 Å². The molecule has 3 atom stereocenters. The van der Waals surface area contributed by atoms with Gasteiger partial charge in [-0.2, -0.15) is 4.68 Å². The van der Waals surface area contributed by atoms with Crippen LogP contribution in [-0.2, 0) is 0 Å². The summed E-state index contributed by atoms with van der Waals surface area (Å²) in [7, 11) is 1.48. The summed E-state index contributed by atoms with van der Waals surface area (Å²) in [6.07, 6.45) is 0.213. The van der Waals surface area contributed by atoms with Crippen molar-refractivity contribution < 1.29 is 13.9 Å². The highest BCUT2D eigenvalue weighted by molar-refractivity contribution is 5.91. The number of methoxy groups -OCH3 is 1. The lowest BCUT2D eigenvalue weighted by Crippen LogP contribution is -2.44. The van der Waals surface area contributed by atoms with Crippen LogP contribution in [0.3, 0.4) is 0 Å².